The predicted molar refractivity (Wildman–Crippen MR) is 81.5 cm³/mol. The zero-order chi connectivity index (χ0) is 16.2. The van der Waals surface area contributed by atoms with Gasteiger partial charge in [0.25, 0.3) is 0 Å². The molecule has 0 atom stereocenters. The Morgan fingerprint density at radius 1 is 1.14 bits per heavy atom. The monoisotopic (exact) mass is 309 g/mol. The summed E-state index contributed by atoms with van der Waals surface area (Å²) in [7, 11) is 2.94. The number of amides is 2. The zero-order valence-electron chi connectivity index (χ0n) is 13.1. The number of aromatic nitrogens is 1. The van der Waals surface area contributed by atoms with Crippen LogP contribution in [-0.2, 0) is 16.1 Å². The molecule has 0 aliphatic carbocycles. The molecule has 0 aliphatic heterocycles. The summed E-state index contributed by atoms with van der Waals surface area (Å²) in [5, 5.41) is 5.52. The van der Waals surface area contributed by atoms with Gasteiger partial charge < -0.3 is 20.1 Å². The van der Waals surface area contributed by atoms with Crippen LogP contribution in [0.3, 0.4) is 0 Å². The first-order chi connectivity index (χ1) is 10.7. The molecule has 0 aliphatic rings. The second-order valence-corrected chi connectivity index (χ2v) is 4.71. The van der Waals surface area contributed by atoms with Gasteiger partial charge in [-0.05, 0) is 18.4 Å². The molecule has 0 radical (unpaired) electrons. The van der Waals surface area contributed by atoms with E-state index in [1.54, 1.807) is 19.4 Å². The summed E-state index contributed by atoms with van der Waals surface area (Å²) in [5.41, 5.74) is 0.897. The molecule has 0 saturated heterocycles. The highest BCUT2D eigenvalue weighted by molar-refractivity contribution is 5.73. The largest absolute Gasteiger partial charge is 0.481 e. The van der Waals surface area contributed by atoms with E-state index in [1.165, 1.54) is 7.11 Å². The normalized spacial score (nSPS) is 9.91. The SMILES string of the molecule is COC(=O)CCCCCNC(=O)NCc1ccc(OC)nc1. The van der Waals surface area contributed by atoms with Crippen LogP contribution in [0, 0.1) is 0 Å². The van der Waals surface area contributed by atoms with Gasteiger partial charge in [-0.2, -0.15) is 0 Å². The van der Waals surface area contributed by atoms with Crippen molar-refractivity contribution in [2.45, 2.75) is 32.2 Å². The first-order valence-corrected chi connectivity index (χ1v) is 7.23. The van der Waals surface area contributed by atoms with E-state index >= 15 is 0 Å². The minimum absolute atomic E-state index is 0.196. The fourth-order valence-corrected chi connectivity index (χ4v) is 1.76. The molecule has 2 amide bonds. The summed E-state index contributed by atoms with van der Waals surface area (Å²) in [5.74, 6) is 0.346. The Kier molecular flexibility index (Phi) is 8.40. The number of hydrogen-bond acceptors (Lipinski definition) is 5. The maximum absolute atomic E-state index is 11.6. The van der Waals surface area contributed by atoms with Crippen molar-refractivity contribution in [1.29, 1.82) is 0 Å². The predicted octanol–water partition coefficient (Wildman–Crippen LogP) is 1.62. The summed E-state index contributed by atoms with van der Waals surface area (Å²) in [4.78, 5) is 26.5. The third kappa shape index (κ3) is 7.47. The van der Waals surface area contributed by atoms with Gasteiger partial charge in [-0.15, -0.1) is 0 Å². The fraction of sp³-hybridized carbons (Fsp3) is 0.533. The van der Waals surface area contributed by atoms with Crippen LogP contribution < -0.4 is 15.4 Å². The van der Waals surface area contributed by atoms with Crippen molar-refractivity contribution in [2.24, 2.45) is 0 Å². The molecule has 0 spiro atoms. The molecule has 22 heavy (non-hydrogen) atoms. The Morgan fingerprint density at radius 2 is 1.95 bits per heavy atom. The lowest BCUT2D eigenvalue weighted by molar-refractivity contribution is -0.140. The number of urea groups is 1. The molecule has 0 unspecified atom stereocenters. The maximum atomic E-state index is 11.6. The third-order valence-electron chi connectivity index (χ3n) is 3.03. The number of methoxy groups -OCH3 is 2. The molecule has 1 rings (SSSR count). The lowest BCUT2D eigenvalue weighted by atomic mass is 10.2. The van der Waals surface area contributed by atoms with E-state index in [9.17, 15) is 9.59 Å². The van der Waals surface area contributed by atoms with Crippen molar-refractivity contribution in [3.63, 3.8) is 0 Å². The Labute approximate surface area is 130 Å². The molecule has 0 aromatic carbocycles. The Morgan fingerprint density at radius 3 is 2.59 bits per heavy atom. The van der Waals surface area contributed by atoms with Gasteiger partial charge in [0.15, 0.2) is 0 Å². The van der Waals surface area contributed by atoms with Gasteiger partial charge in [-0.3, -0.25) is 4.79 Å². The Balaban J connectivity index is 2.07. The number of nitrogens with zero attached hydrogens (tertiary/aromatic N) is 1. The lowest BCUT2D eigenvalue weighted by Gasteiger charge is -2.08. The van der Waals surface area contributed by atoms with Crippen LogP contribution >= 0.6 is 0 Å². The molecule has 7 nitrogen and oxygen atoms in total. The summed E-state index contributed by atoms with van der Waals surface area (Å²) in [6, 6.07) is 3.37. The summed E-state index contributed by atoms with van der Waals surface area (Å²) in [6.45, 7) is 0.985. The minimum Gasteiger partial charge on any atom is -0.481 e. The molecular weight excluding hydrogens is 286 g/mol. The maximum Gasteiger partial charge on any atom is 0.315 e. The molecule has 2 N–H and O–H groups in total. The number of unbranched alkanes of at least 4 members (excludes halogenated alkanes) is 2. The van der Waals surface area contributed by atoms with E-state index in [4.69, 9.17) is 4.74 Å². The summed E-state index contributed by atoms with van der Waals surface area (Å²) >= 11 is 0. The van der Waals surface area contributed by atoms with Crippen LogP contribution in [0.2, 0.25) is 0 Å². The van der Waals surface area contributed by atoms with Gasteiger partial charge in [-0.1, -0.05) is 12.5 Å². The quantitative estimate of drug-likeness (QED) is 0.534. The number of rotatable bonds is 9. The van der Waals surface area contributed by atoms with Gasteiger partial charge in [0.05, 0.1) is 14.2 Å². The number of esters is 1. The van der Waals surface area contributed by atoms with E-state index in [1.807, 2.05) is 6.07 Å². The zero-order valence-corrected chi connectivity index (χ0v) is 13.1. The molecule has 0 saturated carbocycles. The highest BCUT2D eigenvalue weighted by Crippen LogP contribution is 2.06. The average molecular weight is 309 g/mol. The van der Waals surface area contributed by atoms with Crippen LogP contribution in [0.15, 0.2) is 18.3 Å². The second kappa shape index (κ2) is 10.4. The number of nitrogens with one attached hydrogen (secondary N) is 2. The first-order valence-electron chi connectivity index (χ1n) is 7.23. The van der Waals surface area contributed by atoms with Gasteiger partial charge in [0.1, 0.15) is 0 Å². The summed E-state index contributed by atoms with van der Waals surface area (Å²) < 4.78 is 9.51. The van der Waals surface area contributed by atoms with Crippen LogP contribution in [0.1, 0.15) is 31.2 Å². The van der Waals surface area contributed by atoms with Crippen molar-refractivity contribution in [2.75, 3.05) is 20.8 Å². The Hall–Kier alpha value is -2.31. The van der Waals surface area contributed by atoms with Gasteiger partial charge in [0, 0.05) is 31.8 Å². The van der Waals surface area contributed by atoms with Crippen molar-refractivity contribution < 1.29 is 19.1 Å². The van der Waals surface area contributed by atoms with Crippen LogP contribution in [0.5, 0.6) is 5.88 Å². The number of pyridine rings is 1. The first kappa shape index (κ1) is 17.7. The lowest BCUT2D eigenvalue weighted by Crippen LogP contribution is -2.35. The molecule has 0 bridgehead atoms. The smallest absolute Gasteiger partial charge is 0.315 e. The molecule has 1 aromatic rings. The Bertz CT molecular complexity index is 462. The van der Waals surface area contributed by atoms with E-state index in [0.29, 0.717) is 25.4 Å². The van der Waals surface area contributed by atoms with Crippen molar-refractivity contribution in [3.8, 4) is 5.88 Å². The fourth-order valence-electron chi connectivity index (χ4n) is 1.76. The van der Waals surface area contributed by atoms with E-state index in [0.717, 1.165) is 24.8 Å². The van der Waals surface area contributed by atoms with Crippen molar-refractivity contribution in [3.05, 3.63) is 23.9 Å². The average Bonchev–Trinajstić information content (AvgIpc) is 2.56. The molecule has 1 heterocycles. The van der Waals surface area contributed by atoms with Crippen molar-refractivity contribution >= 4 is 12.0 Å². The molecule has 1 aromatic heterocycles. The van der Waals surface area contributed by atoms with E-state index in [2.05, 4.69) is 20.4 Å². The second-order valence-electron chi connectivity index (χ2n) is 4.71. The summed E-state index contributed by atoms with van der Waals surface area (Å²) in [6.07, 6.45) is 4.55. The number of carbonyl (C=O) groups excluding carboxylic acids is 2. The standard InChI is InChI=1S/C15H23N3O4/c1-21-13-8-7-12(10-17-13)11-18-15(20)16-9-5-3-4-6-14(19)22-2/h7-8,10H,3-6,9,11H2,1-2H3,(H2,16,18,20). The molecule has 0 fully saturated rings. The number of hydrogen-bond donors (Lipinski definition) is 2. The van der Waals surface area contributed by atoms with Crippen LogP contribution in [-0.4, -0.2) is 37.7 Å². The van der Waals surface area contributed by atoms with E-state index < -0.39 is 0 Å². The highest BCUT2D eigenvalue weighted by Gasteiger charge is 2.02. The van der Waals surface area contributed by atoms with Gasteiger partial charge in [-0.25, -0.2) is 9.78 Å². The number of ether oxygens (including phenoxy) is 2. The number of carbonyl (C=O) groups is 2. The van der Waals surface area contributed by atoms with Gasteiger partial charge >= 0.3 is 12.0 Å². The highest BCUT2D eigenvalue weighted by atomic mass is 16.5. The molecule has 7 heteroatoms. The topological polar surface area (TPSA) is 89.5 Å². The van der Waals surface area contributed by atoms with E-state index in [-0.39, 0.29) is 12.0 Å². The van der Waals surface area contributed by atoms with Crippen molar-refractivity contribution in [1.82, 2.24) is 15.6 Å². The third-order valence-corrected chi connectivity index (χ3v) is 3.03. The van der Waals surface area contributed by atoms with Gasteiger partial charge in [0.2, 0.25) is 5.88 Å². The minimum atomic E-state index is -0.219. The van der Waals surface area contributed by atoms with Crippen LogP contribution in [0.4, 0.5) is 4.79 Å². The molecular formula is C15H23N3O4. The van der Waals surface area contributed by atoms with Crippen LogP contribution in [0.25, 0.3) is 0 Å². The molecule has 122 valence electrons.